The van der Waals surface area contributed by atoms with Crippen LogP contribution < -0.4 is 11.1 Å². The van der Waals surface area contributed by atoms with Crippen molar-refractivity contribution < 1.29 is 4.79 Å². The third-order valence-electron chi connectivity index (χ3n) is 3.00. The number of rotatable bonds is 3. The van der Waals surface area contributed by atoms with Crippen molar-refractivity contribution in [3.8, 4) is 0 Å². The number of hydrogen-bond donors (Lipinski definition) is 2. The van der Waals surface area contributed by atoms with Crippen LogP contribution in [-0.4, -0.2) is 40.4 Å². The Hall–Kier alpha value is -1.69. The number of likely N-dealkylation sites (N-methyl/N-ethyl adjacent to an activating group) is 1. The van der Waals surface area contributed by atoms with Crippen LogP contribution in [-0.2, 0) is 11.3 Å². The van der Waals surface area contributed by atoms with Crippen LogP contribution in [0, 0.1) is 0 Å². The Labute approximate surface area is 100 Å². The average molecular weight is 235 g/mol. The van der Waals surface area contributed by atoms with E-state index in [-0.39, 0.29) is 11.9 Å². The molecule has 1 aromatic rings. The molecule has 2 heterocycles. The topological polar surface area (TPSA) is 84.1 Å². The summed E-state index contributed by atoms with van der Waals surface area (Å²) in [6.07, 6.45) is 5.15. The Morgan fingerprint density at radius 2 is 2.41 bits per heavy atom. The van der Waals surface area contributed by atoms with E-state index in [0.717, 1.165) is 25.1 Å². The molecule has 92 valence electrons. The van der Waals surface area contributed by atoms with E-state index in [2.05, 4.69) is 20.2 Å². The second kappa shape index (κ2) is 5.09. The van der Waals surface area contributed by atoms with Crippen LogP contribution >= 0.6 is 0 Å². The van der Waals surface area contributed by atoms with Gasteiger partial charge in [-0.15, -0.1) is 0 Å². The lowest BCUT2D eigenvalue weighted by Gasteiger charge is -2.22. The second-order valence-corrected chi connectivity index (χ2v) is 4.18. The standard InChI is InChI=1S/C11H17N5O/c1-13-11(17)9-3-2-4-16(9)7-8-5-15-10(12)6-14-8/h5-6,9H,2-4,7H2,1H3,(H2,12,15)(H,13,17). The number of nitrogens with one attached hydrogen (secondary N) is 1. The van der Waals surface area contributed by atoms with Gasteiger partial charge < -0.3 is 11.1 Å². The van der Waals surface area contributed by atoms with E-state index in [1.165, 1.54) is 0 Å². The maximum Gasteiger partial charge on any atom is 0.237 e. The fourth-order valence-electron chi connectivity index (χ4n) is 2.13. The number of anilines is 1. The van der Waals surface area contributed by atoms with Crippen LogP contribution in [0.1, 0.15) is 18.5 Å². The summed E-state index contributed by atoms with van der Waals surface area (Å²) < 4.78 is 0. The van der Waals surface area contributed by atoms with Gasteiger partial charge in [-0.05, 0) is 19.4 Å². The first-order chi connectivity index (χ1) is 8.20. The van der Waals surface area contributed by atoms with Crippen LogP contribution in [0.4, 0.5) is 5.82 Å². The Balaban J connectivity index is 2.02. The summed E-state index contributed by atoms with van der Waals surface area (Å²) in [5.41, 5.74) is 6.32. The molecule has 1 atom stereocenters. The first-order valence-electron chi connectivity index (χ1n) is 5.72. The van der Waals surface area contributed by atoms with Gasteiger partial charge in [-0.3, -0.25) is 14.7 Å². The lowest BCUT2D eigenvalue weighted by molar-refractivity contribution is -0.125. The molecule has 0 aromatic carbocycles. The predicted octanol–water partition coefficient (Wildman–Crippen LogP) is -0.231. The average Bonchev–Trinajstić information content (AvgIpc) is 2.79. The summed E-state index contributed by atoms with van der Waals surface area (Å²) >= 11 is 0. The molecular formula is C11H17N5O. The van der Waals surface area contributed by atoms with Gasteiger partial charge in [0.05, 0.1) is 24.1 Å². The highest BCUT2D eigenvalue weighted by atomic mass is 16.2. The van der Waals surface area contributed by atoms with Gasteiger partial charge in [0.25, 0.3) is 0 Å². The number of hydrogen-bond acceptors (Lipinski definition) is 5. The zero-order valence-corrected chi connectivity index (χ0v) is 9.89. The molecule has 0 aliphatic carbocycles. The quantitative estimate of drug-likeness (QED) is 0.756. The van der Waals surface area contributed by atoms with Crippen LogP contribution in [0.3, 0.4) is 0 Å². The molecule has 1 saturated heterocycles. The molecule has 1 aromatic heterocycles. The molecule has 3 N–H and O–H groups in total. The largest absolute Gasteiger partial charge is 0.382 e. The summed E-state index contributed by atoms with van der Waals surface area (Å²) in [6.45, 7) is 1.56. The SMILES string of the molecule is CNC(=O)C1CCCN1Cc1cnc(N)cn1. The van der Waals surface area contributed by atoms with Crippen molar-refractivity contribution in [3.05, 3.63) is 18.1 Å². The van der Waals surface area contributed by atoms with Crippen LogP contribution in [0.5, 0.6) is 0 Å². The number of nitrogens with two attached hydrogens (primary N) is 1. The van der Waals surface area contributed by atoms with Crippen molar-refractivity contribution >= 4 is 11.7 Å². The van der Waals surface area contributed by atoms with Crippen LogP contribution in [0.2, 0.25) is 0 Å². The van der Waals surface area contributed by atoms with E-state index in [1.54, 1.807) is 19.4 Å². The van der Waals surface area contributed by atoms with E-state index in [0.29, 0.717) is 12.4 Å². The van der Waals surface area contributed by atoms with Crippen molar-refractivity contribution in [2.45, 2.75) is 25.4 Å². The summed E-state index contributed by atoms with van der Waals surface area (Å²) in [5, 5.41) is 2.70. The number of aromatic nitrogens is 2. The highest BCUT2D eigenvalue weighted by Crippen LogP contribution is 2.19. The maximum absolute atomic E-state index is 11.7. The Morgan fingerprint density at radius 3 is 3.06 bits per heavy atom. The third kappa shape index (κ3) is 2.71. The normalized spacial score (nSPS) is 20.4. The number of likely N-dealkylation sites (tertiary alicyclic amines) is 1. The Morgan fingerprint density at radius 1 is 1.59 bits per heavy atom. The first kappa shape index (κ1) is 11.8. The number of nitrogen functional groups attached to an aromatic ring is 1. The molecule has 0 spiro atoms. The molecule has 1 fully saturated rings. The van der Waals surface area contributed by atoms with Gasteiger partial charge >= 0.3 is 0 Å². The zero-order valence-electron chi connectivity index (χ0n) is 9.89. The summed E-state index contributed by atoms with van der Waals surface area (Å²) in [6, 6.07) is -0.0423. The molecule has 2 rings (SSSR count). The van der Waals surface area contributed by atoms with Crippen LogP contribution in [0.15, 0.2) is 12.4 Å². The molecule has 1 unspecified atom stereocenters. The minimum Gasteiger partial charge on any atom is -0.382 e. The molecule has 17 heavy (non-hydrogen) atoms. The minimum atomic E-state index is -0.0423. The molecule has 1 aliphatic heterocycles. The molecule has 1 amide bonds. The number of carbonyl (C=O) groups is 1. The zero-order chi connectivity index (χ0) is 12.3. The number of nitrogens with zero attached hydrogens (tertiary/aromatic N) is 3. The lowest BCUT2D eigenvalue weighted by atomic mass is 10.2. The summed E-state index contributed by atoms with van der Waals surface area (Å²) in [4.78, 5) is 22.0. The molecule has 6 nitrogen and oxygen atoms in total. The molecule has 0 saturated carbocycles. The van der Waals surface area contributed by atoms with Gasteiger partial charge in [0.15, 0.2) is 0 Å². The van der Waals surface area contributed by atoms with Gasteiger partial charge in [0.2, 0.25) is 5.91 Å². The van der Waals surface area contributed by atoms with Crippen molar-refractivity contribution in [3.63, 3.8) is 0 Å². The van der Waals surface area contributed by atoms with E-state index < -0.39 is 0 Å². The maximum atomic E-state index is 11.7. The highest BCUT2D eigenvalue weighted by Gasteiger charge is 2.30. The van der Waals surface area contributed by atoms with E-state index >= 15 is 0 Å². The van der Waals surface area contributed by atoms with Gasteiger partial charge in [-0.2, -0.15) is 0 Å². The van der Waals surface area contributed by atoms with E-state index in [9.17, 15) is 4.79 Å². The highest BCUT2D eigenvalue weighted by molar-refractivity contribution is 5.81. The monoisotopic (exact) mass is 235 g/mol. The first-order valence-corrected chi connectivity index (χ1v) is 5.72. The fraction of sp³-hybridized carbons (Fsp3) is 0.545. The number of amides is 1. The van der Waals surface area contributed by atoms with E-state index in [1.807, 2.05) is 0 Å². The van der Waals surface area contributed by atoms with Crippen molar-refractivity contribution in [1.29, 1.82) is 0 Å². The summed E-state index contributed by atoms with van der Waals surface area (Å²) in [7, 11) is 1.67. The summed E-state index contributed by atoms with van der Waals surface area (Å²) in [5.74, 6) is 0.490. The Bertz CT molecular complexity index is 391. The molecule has 0 bridgehead atoms. The van der Waals surface area contributed by atoms with Gasteiger partial charge in [-0.25, -0.2) is 4.98 Å². The van der Waals surface area contributed by atoms with Crippen molar-refractivity contribution in [2.24, 2.45) is 0 Å². The van der Waals surface area contributed by atoms with Gasteiger partial charge in [0, 0.05) is 13.6 Å². The van der Waals surface area contributed by atoms with Crippen LogP contribution in [0.25, 0.3) is 0 Å². The molecule has 6 heteroatoms. The molecular weight excluding hydrogens is 218 g/mol. The smallest absolute Gasteiger partial charge is 0.237 e. The van der Waals surface area contributed by atoms with E-state index in [4.69, 9.17) is 5.73 Å². The van der Waals surface area contributed by atoms with Crippen molar-refractivity contribution in [1.82, 2.24) is 20.2 Å². The Kier molecular flexibility index (Phi) is 3.53. The number of carbonyl (C=O) groups excluding carboxylic acids is 1. The predicted molar refractivity (Wildman–Crippen MR) is 63.9 cm³/mol. The van der Waals surface area contributed by atoms with Crippen molar-refractivity contribution in [2.75, 3.05) is 19.3 Å². The third-order valence-corrected chi connectivity index (χ3v) is 3.00. The lowest BCUT2D eigenvalue weighted by Crippen LogP contribution is -2.41. The molecule has 0 radical (unpaired) electrons. The molecule has 1 aliphatic rings. The van der Waals surface area contributed by atoms with Gasteiger partial charge in [-0.1, -0.05) is 0 Å². The second-order valence-electron chi connectivity index (χ2n) is 4.18. The minimum absolute atomic E-state index is 0.0423. The van der Waals surface area contributed by atoms with Gasteiger partial charge in [0.1, 0.15) is 5.82 Å². The fourth-order valence-corrected chi connectivity index (χ4v) is 2.13.